The highest BCUT2D eigenvalue weighted by atomic mass is 79.9. The first-order valence-electron chi connectivity index (χ1n) is 7.83. The summed E-state index contributed by atoms with van der Waals surface area (Å²) >= 11 is 3.22. The maximum absolute atomic E-state index is 12.9. The van der Waals surface area contributed by atoms with Crippen molar-refractivity contribution < 1.29 is 18.0 Å². The number of hydrogen-bond acceptors (Lipinski definition) is 3. The lowest BCUT2D eigenvalue weighted by Crippen LogP contribution is -2.37. The van der Waals surface area contributed by atoms with Gasteiger partial charge >= 0.3 is 11.9 Å². The number of carbonyl (C=O) groups is 1. The van der Waals surface area contributed by atoms with E-state index in [2.05, 4.69) is 20.9 Å². The molecule has 0 fully saturated rings. The van der Waals surface area contributed by atoms with E-state index in [1.54, 1.807) is 42.6 Å². The first-order chi connectivity index (χ1) is 12.7. The number of carbonyl (C=O) groups excluding carboxylic acids is 1. The number of hydrogen-bond donors (Lipinski definition) is 1. The highest BCUT2D eigenvalue weighted by Crippen LogP contribution is 2.21. The number of aromatic nitrogens is 3. The number of para-hydroxylation sites is 1. The first kappa shape index (κ1) is 19.2. The number of nitrogens with zero attached hydrogens (tertiary/aromatic N) is 3. The number of imidazole rings is 1. The van der Waals surface area contributed by atoms with Gasteiger partial charge in [-0.1, -0.05) is 12.1 Å². The van der Waals surface area contributed by atoms with E-state index in [-0.39, 0.29) is 0 Å². The highest BCUT2D eigenvalue weighted by Gasteiger charge is 2.28. The largest absolute Gasteiger partial charge is 0.405 e. The number of fused-ring (bicyclic) bond motifs is 1. The van der Waals surface area contributed by atoms with Crippen molar-refractivity contribution in [3.63, 3.8) is 0 Å². The van der Waals surface area contributed by atoms with Crippen molar-refractivity contribution in [2.24, 2.45) is 0 Å². The SMILES string of the molecule is Cc1cccc2c1n(-c1ccc(Br)nc1)c(=O)n2CC(=O)NCC(F)(F)F. The van der Waals surface area contributed by atoms with Crippen molar-refractivity contribution in [3.8, 4) is 5.69 Å². The number of alkyl halides is 3. The lowest BCUT2D eigenvalue weighted by Gasteiger charge is -2.08. The van der Waals surface area contributed by atoms with Gasteiger partial charge in [0, 0.05) is 0 Å². The van der Waals surface area contributed by atoms with E-state index in [9.17, 15) is 22.8 Å². The Morgan fingerprint density at radius 2 is 2.00 bits per heavy atom. The van der Waals surface area contributed by atoms with Gasteiger partial charge in [-0.05, 0) is 46.6 Å². The molecule has 1 amide bonds. The molecule has 0 aliphatic carbocycles. The van der Waals surface area contributed by atoms with Crippen LogP contribution in [0.4, 0.5) is 13.2 Å². The van der Waals surface area contributed by atoms with Gasteiger partial charge < -0.3 is 5.32 Å². The Morgan fingerprint density at radius 3 is 2.63 bits per heavy atom. The molecule has 3 rings (SSSR count). The predicted molar refractivity (Wildman–Crippen MR) is 96.8 cm³/mol. The van der Waals surface area contributed by atoms with Gasteiger partial charge in [0.1, 0.15) is 17.7 Å². The molecule has 0 aliphatic rings. The fourth-order valence-corrected chi connectivity index (χ4v) is 3.00. The number of halogens is 4. The van der Waals surface area contributed by atoms with E-state index in [4.69, 9.17) is 0 Å². The van der Waals surface area contributed by atoms with E-state index < -0.39 is 30.9 Å². The summed E-state index contributed by atoms with van der Waals surface area (Å²) < 4.78 is 40.0. The summed E-state index contributed by atoms with van der Waals surface area (Å²) in [5, 5.41) is 1.78. The van der Waals surface area contributed by atoms with Crippen LogP contribution in [-0.2, 0) is 11.3 Å². The third-order valence-corrected chi connectivity index (χ3v) is 4.38. The minimum absolute atomic E-state index is 0.449. The zero-order valence-corrected chi connectivity index (χ0v) is 15.6. The maximum Gasteiger partial charge on any atom is 0.405 e. The standard InChI is InChI=1S/C17H14BrF3N4O2/c1-10-3-2-4-12-15(10)25(11-5-6-13(18)22-7-11)16(27)24(12)8-14(26)23-9-17(19,20)21/h2-7H,8-9H2,1H3,(H,23,26). The number of nitrogens with one attached hydrogen (secondary N) is 1. The molecule has 27 heavy (non-hydrogen) atoms. The number of benzene rings is 1. The lowest BCUT2D eigenvalue weighted by molar-refractivity contribution is -0.138. The molecular formula is C17H14BrF3N4O2. The molecule has 3 aromatic rings. The number of pyridine rings is 1. The molecular weight excluding hydrogens is 429 g/mol. The summed E-state index contributed by atoms with van der Waals surface area (Å²) in [4.78, 5) is 29.0. The van der Waals surface area contributed by atoms with E-state index in [0.717, 1.165) is 10.1 Å². The zero-order valence-electron chi connectivity index (χ0n) is 14.0. The summed E-state index contributed by atoms with van der Waals surface area (Å²) in [7, 11) is 0. The molecule has 0 saturated carbocycles. The average Bonchev–Trinajstić information content (AvgIpc) is 2.87. The quantitative estimate of drug-likeness (QED) is 0.631. The smallest absolute Gasteiger partial charge is 0.345 e. The molecule has 0 aliphatic heterocycles. The topological polar surface area (TPSA) is 68.9 Å². The van der Waals surface area contributed by atoms with E-state index in [1.807, 2.05) is 0 Å². The predicted octanol–water partition coefficient (Wildman–Crippen LogP) is 2.94. The van der Waals surface area contributed by atoms with Crippen LogP contribution in [0.1, 0.15) is 5.56 Å². The molecule has 0 bridgehead atoms. The van der Waals surface area contributed by atoms with Crippen LogP contribution in [0.5, 0.6) is 0 Å². The van der Waals surface area contributed by atoms with Crippen molar-refractivity contribution in [1.29, 1.82) is 0 Å². The van der Waals surface area contributed by atoms with Crippen molar-refractivity contribution >= 4 is 32.9 Å². The molecule has 1 N–H and O–H groups in total. The molecule has 10 heteroatoms. The van der Waals surface area contributed by atoms with Crippen LogP contribution >= 0.6 is 15.9 Å². The number of amides is 1. The molecule has 6 nitrogen and oxygen atoms in total. The van der Waals surface area contributed by atoms with Crippen molar-refractivity contribution in [2.75, 3.05) is 6.54 Å². The molecule has 0 saturated heterocycles. The van der Waals surface area contributed by atoms with Gasteiger partial charge in [0.15, 0.2) is 0 Å². The van der Waals surface area contributed by atoms with E-state index in [0.29, 0.717) is 21.3 Å². The number of rotatable bonds is 4. The van der Waals surface area contributed by atoms with Crippen molar-refractivity contribution in [1.82, 2.24) is 19.4 Å². The Bertz CT molecular complexity index is 1050. The molecule has 0 spiro atoms. The minimum atomic E-state index is -4.52. The van der Waals surface area contributed by atoms with Crippen molar-refractivity contribution in [3.05, 3.63) is 57.2 Å². The molecule has 0 atom stereocenters. The Labute approximate surface area is 159 Å². The summed E-state index contributed by atoms with van der Waals surface area (Å²) in [6.07, 6.45) is -3.03. The Balaban J connectivity index is 2.08. The third kappa shape index (κ3) is 4.05. The van der Waals surface area contributed by atoms with Gasteiger partial charge in [-0.2, -0.15) is 13.2 Å². The van der Waals surface area contributed by atoms with Gasteiger partial charge in [-0.25, -0.2) is 9.78 Å². The van der Waals surface area contributed by atoms with Crippen LogP contribution < -0.4 is 11.0 Å². The number of aryl methyl sites for hydroxylation is 1. The molecule has 2 aromatic heterocycles. The van der Waals surface area contributed by atoms with Gasteiger partial charge in [0.05, 0.1) is 22.9 Å². The van der Waals surface area contributed by atoms with E-state index in [1.165, 1.54) is 10.8 Å². The molecule has 142 valence electrons. The molecule has 1 aromatic carbocycles. The second-order valence-electron chi connectivity index (χ2n) is 5.88. The van der Waals surface area contributed by atoms with E-state index >= 15 is 0 Å². The Morgan fingerprint density at radius 1 is 1.26 bits per heavy atom. The fraction of sp³-hybridized carbons (Fsp3) is 0.235. The summed E-state index contributed by atoms with van der Waals surface area (Å²) in [6.45, 7) is -0.167. The highest BCUT2D eigenvalue weighted by molar-refractivity contribution is 9.10. The van der Waals surface area contributed by atoms with Crippen LogP contribution in [0, 0.1) is 6.92 Å². The summed E-state index contributed by atoms with van der Waals surface area (Å²) in [5.74, 6) is -0.899. The summed E-state index contributed by atoms with van der Waals surface area (Å²) in [5.41, 5.74) is 1.74. The van der Waals surface area contributed by atoms with Crippen LogP contribution in [0.3, 0.4) is 0 Å². The maximum atomic E-state index is 12.9. The van der Waals surface area contributed by atoms with Crippen LogP contribution in [0.15, 0.2) is 45.9 Å². The Hall–Kier alpha value is -2.62. The monoisotopic (exact) mass is 442 g/mol. The zero-order chi connectivity index (χ0) is 19.8. The normalized spacial score (nSPS) is 11.7. The average molecular weight is 443 g/mol. The van der Waals surface area contributed by atoms with Gasteiger partial charge in [-0.15, -0.1) is 0 Å². The molecule has 0 radical (unpaired) electrons. The second kappa shape index (κ2) is 7.18. The Kier molecular flexibility index (Phi) is 5.09. The van der Waals surface area contributed by atoms with Gasteiger partial charge in [0.2, 0.25) is 5.91 Å². The van der Waals surface area contributed by atoms with Gasteiger partial charge in [0.25, 0.3) is 0 Å². The minimum Gasteiger partial charge on any atom is -0.345 e. The van der Waals surface area contributed by atoms with Gasteiger partial charge in [-0.3, -0.25) is 13.9 Å². The summed E-state index contributed by atoms with van der Waals surface area (Å²) in [6, 6.07) is 8.51. The van der Waals surface area contributed by atoms with Crippen LogP contribution in [-0.4, -0.2) is 32.7 Å². The molecule has 2 heterocycles. The second-order valence-corrected chi connectivity index (χ2v) is 6.69. The van der Waals surface area contributed by atoms with Crippen LogP contribution in [0.2, 0.25) is 0 Å². The lowest BCUT2D eigenvalue weighted by atomic mass is 10.2. The molecule has 0 unspecified atom stereocenters. The first-order valence-corrected chi connectivity index (χ1v) is 8.63. The van der Waals surface area contributed by atoms with Crippen LogP contribution in [0.25, 0.3) is 16.7 Å². The van der Waals surface area contributed by atoms with Crippen molar-refractivity contribution in [2.45, 2.75) is 19.6 Å². The fourth-order valence-electron chi connectivity index (χ4n) is 2.76. The third-order valence-electron chi connectivity index (χ3n) is 3.91.